The number of rotatable bonds is 3. The van der Waals surface area contributed by atoms with Gasteiger partial charge in [0.2, 0.25) is 0 Å². The van der Waals surface area contributed by atoms with Gasteiger partial charge in [0.05, 0.1) is 0 Å². The van der Waals surface area contributed by atoms with E-state index in [2.05, 4.69) is 62.4 Å². The molecule has 1 unspecified atom stereocenters. The quantitative estimate of drug-likeness (QED) is 0.654. The summed E-state index contributed by atoms with van der Waals surface area (Å²) in [6.07, 6.45) is 0. The van der Waals surface area contributed by atoms with Crippen molar-refractivity contribution in [1.29, 1.82) is 0 Å². The standard InChI is InChI=1S/C11H18N2/c1-10(13(4)12(2)3)11-8-6-5-7-9-11/h5-10H,1-4H3. The molecular weight excluding hydrogens is 160 g/mol. The lowest BCUT2D eigenvalue weighted by molar-refractivity contribution is 0.0163. The Labute approximate surface area is 80.7 Å². The van der Waals surface area contributed by atoms with Crippen LogP contribution in [0, 0.1) is 0 Å². The molecule has 2 heteroatoms. The number of hydrogen-bond acceptors (Lipinski definition) is 2. The van der Waals surface area contributed by atoms with E-state index in [4.69, 9.17) is 0 Å². The first-order chi connectivity index (χ1) is 6.13. The molecule has 0 fully saturated rings. The second-order valence-corrected chi connectivity index (χ2v) is 3.51. The molecule has 13 heavy (non-hydrogen) atoms. The summed E-state index contributed by atoms with van der Waals surface area (Å²) < 4.78 is 0. The highest BCUT2D eigenvalue weighted by Gasteiger charge is 2.11. The Morgan fingerprint density at radius 1 is 1.00 bits per heavy atom. The minimum Gasteiger partial charge on any atom is -0.248 e. The molecule has 0 aliphatic rings. The Balaban J connectivity index is 2.73. The van der Waals surface area contributed by atoms with E-state index in [1.54, 1.807) is 0 Å². The molecule has 0 saturated heterocycles. The van der Waals surface area contributed by atoms with Crippen LogP contribution in [0.2, 0.25) is 0 Å². The third-order valence-electron chi connectivity index (χ3n) is 2.47. The SMILES string of the molecule is CC(c1ccccc1)N(C)N(C)C. The zero-order valence-corrected chi connectivity index (χ0v) is 8.86. The number of hydrogen-bond donors (Lipinski definition) is 0. The molecule has 2 nitrogen and oxygen atoms in total. The Morgan fingerprint density at radius 2 is 1.54 bits per heavy atom. The van der Waals surface area contributed by atoms with E-state index in [-0.39, 0.29) is 0 Å². The van der Waals surface area contributed by atoms with Crippen molar-refractivity contribution in [2.75, 3.05) is 21.1 Å². The van der Waals surface area contributed by atoms with Gasteiger partial charge in [-0.25, -0.2) is 10.0 Å². The Kier molecular flexibility index (Phi) is 3.46. The van der Waals surface area contributed by atoms with Crippen LogP contribution in [0.1, 0.15) is 18.5 Å². The second kappa shape index (κ2) is 4.40. The summed E-state index contributed by atoms with van der Waals surface area (Å²) in [6.45, 7) is 2.20. The van der Waals surface area contributed by atoms with Crippen molar-refractivity contribution >= 4 is 0 Å². The molecular formula is C11H18N2. The molecule has 1 aromatic rings. The lowest BCUT2D eigenvalue weighted by atomic mass is 10.1. The van der Waals surface area contributed by atoms with E-state index in [0.717, 1.165) is 0 Å². The fourth-order valence-corrected chi connectivity index (χ4v) is 1.29. The number of nitrogens with zero attached hydrogens (tertiary/aromatic N) is 2. The van der Waals surface area contributed by atoms with Gasteiger partial charge in [-0.05, 0) is 12.5 Å². The highest BCUT2D eigenvalue weighted by molar-refractivity contribution is 5.17. The van der Waals surface area contributed by atoms with E-state index in [1.165, 1.54) is 5.56 Å². The van der Waals surface area contributed by atoms with Crippen LogP contribution in [-0.4, -0.2) is 31.2 Å². The largest absolute Gasteiger partial charge is 0.248 e. The van der Waals surface area contributed by atoms with Gasteiger partial charge >= 0.3 is 0 Å². The average Bonchev–Trinajstić information content (AvgIpc) is 2.17. The van der Waals surface area contributed by atoms with Gasteiger partial charge in [-0.3, -0.25) is 0 Å². The first kappa shape index (κ1) is 10.2. The van der Waals surface area contributed by atoms with Crippen LogP contribution in [0.4, 0.5) is 0 Å². The van der Waals surface area contributed by atoms with Crippen molar-refractivity contribution in [2.24, 2.45) is 0 Å². The van der Waals surface area contributed by atoms with Crippen molar-refractivity contribution in [3.8, 4) is 0 Å². The van der Waals surface area contributed by atoms with E-state index in [9.17, 15) is 0 Å². The summed E-state index contributed by atoms with van der Waals surface area (Å²) in [5, 5.41) is 4.30. The summed E-state index contributed by atoms with van der Waals surface area (Å²) in [7, 11) is 6.20. The first-order valence-electron chi connectivity index (χ1n) is 4.58. The molecule has 72 valence electrons. The van der Waals surface area contributed by atoms with Crippen LogP contribution in [0.25, 0.3) is 0 Å². The highest BCUT2D eigenvalue weighted by atomic mass is 15.6. The highest BCUT2D eigenvalue weighted by Crippen LogP contribution is 2.17. The topological polar surface area (TPSA) is 6.48 Å². The predicted octanol–water partition coefficient (Wildman–Crippen LogP) is 2.16. The van der Waals surface area contributed by atoms with Gasteiger partial charge in [-0.2, -0.15) is 0 Å². The Morgan fingerprint density at radius 3 is 2.00 bits per heavy atom. The summed E-state index contributed by atoms with van der Waals surface area (Å²) in [5.41, 5.74) is 1.35. The fraction of sp³-hybridized carbons (Fsp3) is 0.455. The molecule has 1 rings (SSSR count). The predicted molar refractivity (Wildman–Crippen MR) is 56.3 cm³/mol. The van der Waals surface area contributed by atoms with Gasteiger partial charge in [0.25, 0.3) is 0 Å². The van der Waals surface area contributed by atoms with Crippen LogP contribution >= 0.6 is 0 Å². The van der Waals surface area contributed by atoms with Crippen molar-refractivity contribution in [2.45, 2.75) is 13.0 Å². The van der Waals surface area contributed by atoms with Gasteiger partial charge < -0.3 is 0 Å². The molecule has 0 spiro atoms. The lowest BCUT2D eigenvalue weighted by Gasteiger charge is -2.30. The maximum absolute atomic E-state index is 2.20. The maximum Gasteiger partial charge on any atom is 0.0463 e. The molecule has 0 radical (unpaired) electrons. The maximum atomic E-state index is 2.20. The molecule has 0 aromatic heterocycles. The summed E-state index contributed by atoms with van der Waals surface area (Å²) >= 11 is 0. The van der Waals surface area contributed by atoms with Crippen LogP contribution < -0.4 is 0 Å². The Bertz CT molecular complexity index is 244. The molecule has 1 aromatic carbocycles. The van der Waals surface area contributed by atoms with Crippen LogP contribution in [0.3, 0.4) is 0 Å². The minimum absolute atomic E-state index is 0.427. The van der Waals surface area contributed by atoms with E-state index >= 15 is 0 Å². The molecule has 0 heterocycles. The van der Waals surface area contributed by atoms with Gasteiger partial charge in [-0.1, -0.05) is 30.3 Å². The first-order valence-corrected chi connectivity index (χ1v) is 4.58. The van der Waals surface area contributed by atoms with Gasteiger partial charge in [0, 0.05) is 27.2 Å². The smallest absolute Gasteiger partial charge is 0.0463 e. The molecule has 0 bridgehead atoms. The average molecular weight is 178 g/mol. The zero-order chi connectivity index (χ0) is 9.84. The summed E-state index contributed by atoms with van der Waals surface area (Å²) in [4.78, 5) is 0. The molecule has 0 amide bonds. The van der Waals surface area contributed by atoms with Gasteiger partial charge in [0.15, 0.2) is 0 Å². The van der Waals surface area contributed by atoms with Crippen molar-refractivity contribution in [3.05, 3.63) is 35.9 Å². The van der Waals surface area contributed by atoms with Gasteiger partial charge in [-0.15, -0.1) is 0 Å². The minimum atomic E-state index is 0.427. The van der Waals surface area contributed by atoms with Crippen molar-refractivity contribution in [1.82, 2.24) is 10.0 Å². The van der Waals surface area contributed by atoms with Crippen molar-refractivity contribution < 1.29 is 0 Å². The number of benzene rings is 1. The molecule has 0 aliphatic carbocycles. The second-order valence-electron chi connectivity index (χ2n) is 3.51. The van der Waals surface area contributed by atoms with E-state index < -0.39 is 0 Å². The summed E-state index contributed by atoms with van der Waals surface area (Å²) in [6, 6.07) is 10.9. The third-order valence-corrected chi connectivity index (χ3v) is 2.47. The van der Waals surface area contributed by atoms with Crippen molar-refractivity contribution in [3.63, 3.8) is 0 Å². The van der Waals surface area contributed by atoms with Gasteiger partial charge in [0.1, 0.15) is 0 Å². The zero-order valence-electron chi connectivity index (χ0n) is 8.86. The molecule has 1 atom stereocenters. The molecule has 0 aliphatic heterocycles. The van der Waals surface area contributed by atoms with Crippen LogP contribution in [-0.2, 0) is 0 Å². The normalized spacial score (nSPS) is 13.7. The van der Waals surface area contributed by atoms with Crippen LogP contribution in [0.15, 0.2) is 30.3 Å². The molecule has 0 saturated carbocycles. The summed E-state index contributed by atoms with van der Waals surface area (Å²) in [5.74, 6) is 0. The van der Waals surface area contributed by atoms with E-state index in [1.807, 2.05) is 6.07 Å². The number of hydrazine groups is 1. The Hall–Kier alpha value is -0.860. The van der Waals surface area contributed by atoms with E-state index in [0.29, 0.717) is 6.04 Å². The third kappa shape index (κ3) is 2.54. The van der Waals surface area contributed by atoms with Crippen LogP contribution in [0.5, 0.6) is 0 Å². The monoisotopic (exact) mass is 178 g/mol. The lowest BCUT2D eigenvalue weighted by Crippen LogP contribution is -2.35. The molecule has 0 N–H and O–H groups in total. The fourth-order valence-electron chi connectivity index (χ4n) is 1.29.